The van der Waals surface area contributed by atoms with Gasteiger partial charge < -0.3 is 4.90 Å². The van der Waals surface area contributed by atoms with Crippen molar-refractivity contribution in [1.82, 2.24) is 19.7 Å². The van der Waals surface area contributed by atoms with Crippen molar-refractivity contribution >= 4 is 5.95 Å². The van der Waals surface area contributed by atoms with Gasteiger partial charge in [0.25, 0.3) is 0 Å². The highest BCUT2D eigenvalue weighted by atomic mass is 19.4. The molecule has 0 aliphatic carbocycles. The van der Waals surface area contributed by atoms with Gasteiger partial charge in [-0.05, 0) is 30.4 Å². The first kappa shape index (κ1) is 14.8. The first-order valence-electron chi connectivity index (χ1n) is 7.07. The number of aromatic nitrogens is 4. The predicted octanol–water partition coefficient (Wildman–Crippen LogP) is 2.61. The average molecular weight is 311 g/mol. The fourth-order valence-corrected chi connectivity index (χ4v) is 2.72. The van der Waals surface area contributed by atoms with E-state index in [4.69, 9.17) is 0 Å². The molecule has 0 aromatic carbocycles. The summed E-state index contributed by atoms with van der Waals surface area (Å²) in [5.41, 5.74) is 0.277. The van der Waals surface area contributed by atoms with Gasteiger partial charge in [0.05, 0.1) is 6.20 Å². The van der Waals surface area contributed by atoms with Crippen molar-refractivity contribution in [2.45, 2.75) is 24.9 Å². The van der Waals surface area contributed by atoms with E-state index in [1.807, 2.05) is 24.3 Å². The number of nitrogens with zero attached hydrogens (tertiary/aromatic N) is 5. The Hall–Kier alpha value is -2.12. The quantitative estimate of drug-likeness (QED) is 0.855. The van der Waals surface area contributed by atoms with Crippen LogP contribution in [-0.4, -0.2) is 32.8 Å². The van der Waals surface area contributed by atoms with Crippen molar-refractivity contribution in [1.29, 1.82) is 0 Å². The van der Waals surface area contributed by atoms with Crippen LogP contribution in [0, 0.1) is 0 Å². The Morgan fingerprint density at radius 3 is 2.55 bits per heavy atom. The van der Waals surface area contributed by atoms with E-state index >= 15 is 0 Å². The van der Waals surface area contributed by atoms with E-state index in [-0.39, 0.29) is 5.95 Å². The van der Waals surface area contributed by atoms with Gasteiger partial charge >= 0.3 is 6.18 Å². The second-order valence-electron chi connectivity index (χ2n) is 5.45. The number of aryl methyl sites for hydroxylation is 1. The van der Waals surface area contributed by atoms with Crippen LogP contribution in [0.3, 0.4) is 0 Å². The molecule has 0 atom stereocenters. The van der Waals surface area contributed by atoms with E-state index in [2.05, 4.69) is 15.1 Å². The van der Waals surface area contributed by atoms with Crippen LogP contribution in [0.1, 0.15) is 30.0 Å². The van der Waals surface area contributed by atoms with Gasteiger partial charge in [0.1, 0.15) is 5.69 Å². The smallest absolute Gasteiger partial charge is 0.341 e. The summed E-state index contributed by atoms with van der Waals surface area (Å²) < 4.78 is 39.9. The molecule has 0 radical (unpaired) electrons. The Labute approximate surface area is 125 Å². The van der Waals surface area contributed by atoms with Crippen LogP contribution in [0.5, 0.6) is 0 Å². The Kier molecular flexibility index (Phi) is 3.76. The molecule has 0 unspecified atom stereocenters. The van der Waals surface area contributed by atoms with Crippen LogP contribution in [0.2, 0.25) is 0 Å². The summed E-state index contributed by atoms with van der Waals surface area (Å²) in [6, 6.07) is 0.895. The molecule has 1 saturated heterocycles. The second kappa shape index (κ2) is 5.58. The lowest BCUT2D eigenvalue weighted by Gasteiger charge is -2.31. The lowest BCUT2D eigenvalue weighted by molar-refractivity contribution is -0.141. The second-order valence-corrected chi connectivity index (χ2v) is 5.45. The highest BCUT2D eigenvalue weighted by Crippen LogP contribution is 2.31. The molecule has 0 spiro atoms. The van der Waals surface area contributed by atoms with E-state index in [0.717, 1.165) is 18.9 Å². The van der Waals surface area contributed by atoms with E-state index in [1.54, 1.807) is 4.68 Å². The molecular weight excluding hydrogens is 295 g/mol. The number of piperidine rings is 1. The molecule has 22 heavy (non-hydrogen) atoms. The van der Waals surface area contributed by atoms with E-state index in [1.165, 1.54) is 11.8 Å². The average Bonchev–Trinajstić information content (AvgIpc) is 2.93. The number of alkyl halides is 3. The molecule has 118 valence electrons. The first-order valence-corrected chi connectivity index (χ1v) is 7.07. The number of hydrogen-bond donors (Lipinski definition) is 0. The standard InChI is InChI=1S/C14H16F3N5/c1-21-9-11(8-19-21)10-3-6-22(7-4-10)13-18-5-2-12(20-13)14(15,16)17/h2,5,8-10H,3-4,6-7H2,1H3. The SMILES string of the molecule is Cn1cc(C2CCN(c3nccc(C(F)(F)F)n3)CC2)cn1. The summed E-state index contributed by atoms with van der Waals surface area (Å²) in [6.07, 6.45) is 2.27. The van der Waals surface area contributed by atoms with Gasteiger partial charge in [-0.2, -0.15) is 18.3 Å². The fraction of sp³-hybridized carbons (Fsp3) is 0.500. The molecule has 1 fully saturated rings. The minimum atomic E-state index is -4.44. The van der Waals surface area contributed by atoms with Crippen LogP contribution in [-0.2, 0) is 13.2 Å². The minimum absolute atomic E-state index is 0.152. The predicted molar refractivity (Wildman–Crippen MR) is 74.4 cm³/mol. The molecule has 2 aromatic heterocycles. The summed E-state index contributed by atoms with van der Waals surface area (Å²) >= 11 is 0. The Morgan fingerprint density at radius 1 is 1.23 bits per heavy atom. The zero-order valence-electron chi connectivity index (χ0n) is 12.1. The number of hydrogen-bond acceptors (Lipinski definition) is 4. The third-order valence-electron chi connectivity index (χ3n) is 3.91. The highest BCUT2D eigenvalue weighted by molar-refractivity contribution is 5.32. The summed E-state index contributed by atoms with van der Waals surface area (Å²) in [6.45, 7) is 1.28. The van der Waals surface area contributed by atoms with Gasteiger partial charge in [-0.15, -0.1) is 0 Å². The monoisotopic (exact) mass is 311 g/mol. The maximum atomic E-state index is 12.7. The molecule has 1 aliphatic rings. The van der Waals surface area contributed by atoms with Gasteiger partial charge in [0.15, 0.2) is 0 Å². The number of rotatable bonds is 2. The third kappa shape index (κ3) is 3.05. The topological polar surface area (TPSA) is 46.8 Å². The molecule has 0 bridgehead atoms. The van der Waals surface area contributed by atoms with Crippen LogP contribution in [0.15, 0.2) is 24.7 Å². The molecule has 8 heteroatoms. The third-order valence-corrected chi connectivity index (χ3v) is 3.91. The summed E-state index contributed by atoms with van der Waals surface area (Å²) in [4.78, 5) is 9.43. The lowest BCUT2D eigenvalue weighted by Crippen LogP contribution is -2.34. The van der Waals surface area contributed by atoms with Gasteiger partial charge in [-0.1, -0.05) is 0 Å². The van der Waals surface area contributed by atoms with Crippen LogP contribution >= 0.6 is 0 Å². The molecule has 0 amide bonds. The van der Waals surface area contributed by atoms with Crippen molar-refractivity contribution in [2.75, 3.05) is 18.0 Å². The zero-order chi connectivity index (χ0) is 15.7. The summed E-state index contributed by atoms with van der Waals surface area (Å²) in [5.74, 6) is 0.537. The van der Waals surface area contributed by atoms with Crippen LogP contribution < -0.4 is 4.90 Å². The Balaban J connectivity index is 1.69. The van der Waals surface area contributed by atoms with Gasteiger partial charge in [-0.3, -0.25) is 4.68 Å². The number of anilines is 1. The normalized spacial score (nSPS) is 17.0. The van der Waals surface area contributed by atoms with Gasteiger partial charge in [-0.25, -0.2) is 9.97 Å². The summed E-state index contributed by atoms with van der Waals surface area (Å²) in [5, 5.41) is 4.16. The van der Waals surface area contributed by atoms with E-state index in [0.29, 0.717) is 19.0 Å². The molecule has 3 heterocycles. The maximum absolute atomic E-state index is 12.7. The van der Waals surface area contributed by atoms with Crippen molar-refractivity contribution < 1.29 is 13.2 Å². The summed E-state index contributed by atoms with van der Waals surface area (Å²) in [7, 11) is 1.87. The molecule has 2 aromatic rings. The van der Waals surface area contributed by atoms with Crippen LogP contribution in [0.4, 0.5) is 19.1 Å². The number of halogens is 3. The lowest BCUT2D eigenvalue weighted by atomic mass is 9.92. The van der Waals surface area contributed by atoms with Crippen LogP contribution in [0.25, 0.3) is 0 Å². The van der Waals surface area contributed by atoms with E-state index < -0.39 is 11.9 Å². The Bertz CT molecular complexity index is 644. The zero-order valence-corrected chi connectivity index (χ0v) is 12.1. The molecule has 5 nitrogen and oxygen atoms in total. The van der Waals surface area contributed by atoms with Crippen molar-refractivity contribution in [3.8, 4) is 0 Å². The van der Waals surface area contributed by atoms with Gasteiger partial charge in [0, 0.05) is 32.5 Å². The van der Waals surface area contributed by atoms with E-state index in [9.17, 15) is 13.2 Å². The first-order chi connectivity index (χ1) is 10.4. The molecule has 0 N–H and O–H groups in total. The largest absolute Gasteiger partial charge is 0.433 e. The fourth-order valence-electron chi connectivity index (χ4n) is 2.72. The van der Waals surface area contributed by atoms with Gasteiger partial charge in [0.2, 0.25) is 5.95 Å². The molecule has 1 aliphatic heterocycles. The van der Waals surface area contributed by atoms with Crippen molar-refractivity contribution in [2.24, 2.45) is 7.05 Å². The van der Waals surface area contributed by atoms with Crippen molar-refractivity contribution in [3.63, 3.8) is 0 Å². The highest BCUT2D eigenvalue weighted by Gasteiger charge is 2.33. The molecule has 0 saturated carbocycles. The Morgan fingerprint density at radius 2 is 1.95 bits per heavy atom. The minimum Gasteiger partial charge on any atom is -0.341 e. The molecular formula is C14H16F3N5. The maximum Gasteiger partial charge on any atom is 0.433 e. The molecule has 3 rings (SSSR count). The van der Waals surface area contributed by atoms with Crippen molar-refractivity contribution in [3.05, 3.63) is 35.9 Å².